The number of aromatic nitrogens is 1. The van der Waals surface area contributed by atoms with Gasteiger partial charge in [0.05, 0.1) is 0 Å². The van der Waals surface area contributed by atoms with Crippen LogP contribution in [0.1, 0.15) is 11.1 Å². The maximum absolute atomic E-state index is 11.5. The number of carbonyl (C=O) groups excluding carboxylic acids is 1. The molecule has 0 atom stereocenters. The van der Waals surface area contributed by atoms with Crippen molar-refractivity contribution in [2.24, 2.45) is 10.9 Å². The van der Waals surface area contributed by atoms with Gasteiger partial charge in [-0.2, -0.15) is 0 Å². The molecule has 0 amide bonds. The summed E-state index contributed by atoms with van der Waals surface area (Å²) in [6.45, 7) is 0. The van der Waals surface area contributed by atoms with E-state index >= 15 is 0 Å². The predicted octanol–water partition coefficient (Wildman–Crippen LogP) is 1.96. The first-order valence-corrected chi connectivity index (χ1v) is 5.93. The quantitative estimate of drug-likeness (QED) is 0.302. The van der Waals surface area contributed by atoms with Gasteiger partial charge in [-0.25, -0.2) is 4.79 Å². The van der Waals surface area contributed by atoms with Crippen LogP contribution in [0.4, 0.5) is 0 Å². The van der Waals surface area contributed by atoms with Gasteiger partial charge in [0.15, 0.2) is 5.84 Å². The average molecular weight is 267 g/mol. The van der Waals surface area contributed by atoms with Gasteiger partial charge in [0, 0.05) is 24.0 Å². The van der Waals surface area contributed by atoms with Crippen LogP contribution in [0.2, 0.25) is 0 Å². The van der Waals surface area contributed by atoms with E-state index in [2.05, 4.69) is 10.1 Å². The summed E-state index contributed by atoms with van der Waals surface area (Å²) >= 11 is 0. The zero-order valence-electron chi connectivity index (χ0n) is 10.6. The molecule has 5 heteroatoms. The number of hydrogen-bond donors (Lipinski definition) is 1. The SMILES string of the molecule is N/C(=N\OC(=O)/C=C/c1ccccc1)c1ccncc1. The van der Waals surface area contributed by atoms with Gasteiger partial charge in [0.1, 0.15) is 0 Å². The molecule has 5 nitrogen and oxygen atoms in total. The van der Waals surface area contributed by atoms with E-state index in [9.17, 15) is 4.79 Å². The van der Waals surface area contributed by atoms with Crippen LogP contribution in [-0.4, -0.2) is 16.8 Å². The van der Waals surface area contributed by atoms with E-state index in [4.69, 9.17) is 10.6 Å². The second-order valence-corrected chi connectivity index (χ2v) is 3.87. The van der Waals surface area contributed by atoms with Crippen molar-refractivity contribution in [3.8, 4) is 0 Å². The van der Waals surface area contributed by atoms with Crippen molar-refractivity contribution >= 4 is 17.9 Å². The average Bonchev–Trinajstić information content (AvgIpc) is 2.52. The fourth-order valence-electron chi connectivity index (χ4n) is 1.43. The molecule has 20 heavy (non-hydrogen) atoms. The first-order chi connectivity index (χ1) is 9.75. The summed E-state index contributed by atoms with van der Waals surface area (Å²) in [6, 6.07) is 12.8. The number of amidine groups is 1. The van der Waals surface area contributed by atoms with Crippen LogP contribution < -0.4 is 5.73 Å². The summed E-state index contributed by atoms with van der Waals surface area (Å²) < 4.78 is 0. The van der Waals surface area contributed by atoms with Gasteiger partial charge in [-0.15, -0.1) is 0 Å². The Labute approximate surface area is 116 Å². The van der Waals surface area contributed by atoms with E-state index in [-0.39, 0.29) is 5.84 Å². The summed E-state index contributed by atoms with van der Waals surface area (Å²) in [5, 5.41) is 3.57. The molecular formula is C15H13N3O2. The van der Waals surface area contributed by atoms with E-state index in [1.165, 1.54) is 6.08 Å². The Bertz CT molecular complexity index is 622. The molecule has 0 spiro atoms. The number of pyridine rings is 1. The number of benzene rings is 1. The van der Waals surface area contributed by atoms with Crippen molar-refractivity contribution in [1.82, 2.24) is 4.98 Å². The van der Waals surface area contributed by atoms with E-state index in [1.54, 1.807) is 30.6 Å². The molecule has 0 aliphatic carbocycles. The van der Waals surface area contributed by atoms with Crippen molar-refractivity contribution in [1.29, 1.82) is 0 Å². The Hall–Kier alpha value is -2.95. The van der Waals surface area contributed by atoms with E-state index in [1.807, 2.05) is 30.3 Å². The summed E-state index contributed by atoms with van der Waals surface area (Å²) in [7, 11) is 0. The van der Waals surface area contributed by atoms with Crippen LogP contribution in [0.15, 0.2) is 66.1 Å². The standard InChI is InChI=1S/C15H13N3O2/c16-15(13-8-10-17-11-9-13)18-20-14(19)7-6-12-4-2-1-3-5-12/h1-11H,(H2,16,18)/b7-6+. The Morgan fingerprint density at radius 2 is 1.85 bits per heavy atom. The maximum Gasteiger partial charge on any atom is 0.358 e. The highest BCUT2D eigenvalue weighted by molar-refractivity contribution is 5.97. The third-order valence-electron chi connectivity index (χ3n) is 2.42. The normalized spacial score (nSPS) is 11.5. The van der Waals surface area contributed by atoms with E-state index < -0.39 is 5.97 Å². The molecule has 0 unspecified atom stereocenters. The minimum atomic E-state index is -0.592. The third-order valence-corrected chi connectivity index (χ3v) is 2.42. The molecule has 2 aromatic rings. The Morgan fingerprint density at radius 1 is 1.15 bits per heavy atom. The Kier molecular flexibility index (Phi) is 4.61. The van der Waals surface area contributed by atoms with Crippen molar-refractivity contribution in [2.45, 2.75) is 0 Å². The molecule has 100 valence electrons. The van der Waals surface area contributed by atoms with Crippen LogP contribution in [0.25, 0.3) is 6.08 Å². The smallest absolute Gasteiger partial charge is 0.358 e. The van der Waals surface area contributed by atoms with Gasteiger partial charge in [0.2, 0.25) is 0 Å². The first kappa shape index (κ1) is 13.5. The molecule has 0 aliphatic heterocycles. The van der Waals surface area contributed by atoms with E-state index in [0.29, 0.717) is 5.56 Å². The molecule has 1 aromatic carbocycles. The fourth-order valence-corrected chi connectivity index (χ4v) is 1.43. The lowest BCUT2D eigenvalue weighted by atomic mass is 10.2. The van der Waals surface area contributed by atoms with Crippen LogP contribution in [0.5, 0.6) is 0 Å². The molecule has 0 aliphatic rings. The van der Waals surface area contributed by atoms with Crippen LogP contribution in [0, 0.1) is 0 Å². The zero-order chi connectivity index (χ0) is 14.2. The molecule has 2 rings (SSSR count). The molecule has 0 saturated carbocycles. The van der Waals surface area contributed by atoms with Crippen LogP contribution in [0.3, 0.4) is 0 Å². The second-order valence-electron chi connectivity index (χ2n) is 3.87. The first-order valence-electron chi connectivity index (χ1n) is 5.93. The highest BCUT2D eigenvalue weighted by atomic mass is 16.7. The highest BCUT2D eigenvalue weighted by Crippen LogP contribution is 2.01. The lowest BCUT2D eigenvalue weighted by Crippen LogP contribution is -2.14. The Morgan fingerprint density at radius 3 is 2.55 bits per heavy atom. The molecule has 0 saturated heterocycles. The van der Waals surface area contributed by atoms with Crippen molar-refractivity contribution in [2.75, 3.05) is 0 Å². The largest absolute Gasteiger partial charge is 0.380 e. The lowest BCUT2D eigenvalue weighted by molar-refractivity contribution is -0.137. The predicted molar refractivity (Wildman–Crippen MR) is 76.5 cm³/mol. The highest BCUT2D eigenvalue weighted by Gasteiger charge is 2.00. The number of nitrogens with two attached hydrogens (primary N) is 1. The second kappa shape index (κ2) is 6.84. The number of carbonyl (C=O) groups is 1. The minimum Gasteiger partial charge on any atom is -0.380 e. The third kappa shape index (κ3) is 4.06. The van der Waals surface area contributed by atoms with Gasteiger partial charge >= 0.3 is 5.97 Å². The minimum absolute atomic E-state index is 0.119. The zero-order valence-corrected chi connectivity index (χ0v) is 10.6. The van der Waals surface area contributed by atoms with E-state index in [0.717, 1.165) is 5.56 Å². The number of oxime groups is 1. The van der Waals surface area contributed by atoms with Crippen molar-refractivity contribution in [3.05, 3.63) is 72.1 Å². The van der Waals surface area contributed by atoms with Crippen molar-refractivity contribution < 1.29 is 9.63 Å². The molecule has 1 heterocycles. The number of rotatable bonds is 4. The molecule has 2 N–H and O–H groups in total. The summed E-state index contributed by atoms with van der Waals surface area (Å²) in [4.78, 5) is 20.0. The van der Waals surface area contributed by atoms with Crippen LogP contribution in [-0.2, 0) is 9.63 Å². The van der Waals surface area contributed by atoms with Gasteiger partial charge in [-0.05, 0) is 23.8 Å². The van der Waals surface area contributed by atoms with Crippen molar-refractivity contribution in [3.63, 3.8) is 0 Å². The number of hydrogen-bond acceptors (Lipinski definition) is 4. The Balaban J connectivity index is 1.94. The summed E-state index contributed by atoms with van der Waals surface area (Å²) in [5.41, 5.74) is 7.21. The van der Waals surface area contributed by atoms with Crippen LogP contribution >= 0.6 is 0 Å². The van der Waals surface area contributed by atoms with Gasteiger partial charge in [-0.1, -0.05) is 35.5 Å². The molecule has 0 fully saturated rings. The van der Waals surface area contributed by atoms with Gasteiger partial charge < -0.3 is 10.6 Å². The number of nitrogens with zero attached hydrogens (tertiary/aromatic N) is 2. The molecule has 0 radical (unpaired) electrons. The van der Waals surface area contributed by atoms with Gasteiger partial charge in [-0.3, -0.25) is 4.98 Å². The molecular weight excluding hydrogens is 254 g/mol. The molecule has 1 aromatic heterocycles. The summed E-state index contributed by atoms with van der Waals surface area (Å²) in [6.07, 6.45) is 6.09. The topological polar surface area (TPSA) is 77.6 Å². The molecule has 0 bridgehead atoms. The van der Waals surface area contributed by atoms with Gasteiger partial charge in [0.25, 0.3) is 0 Å². The monoisotopic (exact) mass is 267 g/mol. The lowest BCUT2D eigenvalue weighted by Gasteiger charge is -1.98. The fraction of sp³-hybridized carbons (Fsp3) is 0. The summed E-state index contributed by atoms with van der Waals surface area (Å²) in [5.74, 6) is -0.472. The maximum atomic E-state index is 11.5.